The van der Waals surface area contributed by atoms with Gasteiger partial charge in [-0.25, -0.2) is 4.79 Å². The van der Waals surface area contributed by atoms with Crippen LogP contribution in [0.4, 0.5) is 4.79 Å². The van der Waals surface area contributed by atoms with E-state index in [4.69, 9.17) is 17.0 Å². The largest absolute Gasteiger partial charge is 0.444 e. The molecule has 1 saturated heterocycles. The highest BCUT2D eigenvalue weighted by Crippen LogP contribution is 2.12. The Kier molecular flexibility index (Phi) is 6.36. The predicted molar refractivity (Wildman–Crippen MR) is 101 cm³/mol. The van der Waals surface area contributed by atoms with E-state index in [0.29, 0.717) is 36.9 Å². The minimum atomic E-state index is -0.512. The minimum Gasteiger partial charge on any atom is -0.444 e. The summed E-state index contributed by atoms with van der Waals surface area (Å²) in [5.74, 6) is -0.223. The van der Waals surface area contributed by atoms with Gasteiger partial charge in [-0.2, -0.15) is 0 Å². The molecule has 1 N–H and O–H groups in total. The number of carbonyl (C=O) groups excluding carboxylic acids is 2. The summed E-state index contributed by atoms with van der Waals surface area (Å²) in [5, 5.41) is 3.15. The summed E-state index contributed by atoms with van der Waals surface area (Å²) >= 11 is 5.36. The number of nitrogens with zero attached hydrogens (tertiary/aromatic N) is 2. The Hall–Kier alpha value is -2.15. The standard InChI is InChI=1S/C18H25N3O3S/c1-18(2,3)24-17(23)21-11-7-10-20(12-13-21)16(25)19-15(22)14-8-5-4-6-9-14/h4-6,8-9H,7,10-13H2,1-3H3,(H,19,22,25). The van der Waals surface area contributed by atoms with Gasteiger partial charge < -0.3 is 14.5 Å². The molecule has 6 nitrogen and oxygen atoms in total. The van der Waals surface area contributed by atoms with Gasteiger partial charge in [0.1, 0.15) is 5.60 Å². The van der Waals surface area contributed by atoms with E-state index in [0.717, 1.165) is 6.42 Å². The van der Waals surface area contributed by atoms with E-state index in [9.17, 15) is 9.59 Å². The molecule has 136 valence electrons. The molecular formula is C18H25N3O3S. The van der Waals surface area contributed by atoms with Crippen LogP contribution in [0, 0.1) is 0 Å². The topological polar surface area (TPSA) is 61.9 Å². The first-order valence-corrected chi connectivity index (χ1v) is 8.80. The van der Waals surface area contributed by atoms with Crippen molar-refractivity contribution in [2.45, 2.75) is 32.8 Å². The van der Waals surface area contributed by atoms with Crippen LogP contribution in [0.5, 0.6) is 0 Å². The lowest BCUT2D eigenvalue weighted by molar-refractivity contribution is 0.0260. The highest BCUT2D eigenvalue weighted by Gasteiger charge is 2.25. The second-order valence-electron chi connectivity index (χ2n) is 6.93. The number of hydrogen-bond acceptors (Lipinski definition) is 4. The van der Waals surface area contributed by atoms with Crippen molar-refractivity contribution in [2.24, 2.45) is 0 Å². The van der Waals surface area contributed by atoms with Crippen molar-refractivity contribution in [1.29, 1.82) is 0 Å². The molecule has 1 fully saturated rings. The third-order valence-electron chi connectivity index (χ3n) is 3.69. The quantitative estimate of drug-likeness (QED) is 0.777. The van der Waals surface area contributed by atoms with Crippen molar-refractivity contribution >= 4 is 29.3 Å². The number of hydrogen-bond donors (Lipinski definition) is 1. The van der Waals surface area contributed by atoms with Gasteiger partial charge in [-0.3, -0.25) is 10.1 Å². The highest BCUT2D eigenvalue weighted by atomic mass is 32.1. The molecule has 2 rings (SSSR count). The van der Waals surface area contributed by atoms with Gasteiger partial charge in [-0.1, -0.05) is 18.2 Å². The Bertz CT molecular complexity index is 628. The SMILES string of the molecule is CC(C)(C)OC(=O)N1CCCN(C(=S)NC(=O)c2ccccc2)CC1. The Balaban J connectivity index is 1.88. The van der Waals surface area contributed by atoms with Crippen LogP contribution in [0.1, 0.15) is 37.6 Å². The fourth-order valence-corrected chi connectivity index (χ4v) is 2.74. The smallest absolute Gasteiger partial charge is 0.410 e. The van der Waals surface area contributed by atoms with Gasteiger partial charge in [0.15, 0.2) is 5.11 Å². The van der Waals surface area contributed by atoms with E-state index in [2.05, 4.69) is 5.32 Å². The van der Waals surface area contributed by atoms with E-state index in [-0.39, 0.29) is 12.0 Å². The minimum absolute atomic E-state index is 0.223. The van der Waals surface area contributed by atoms with Gasteiger partial charge in [-0.15, -0.1) is 0 Å². The van der Waals surface area contributed by atoms with Gasteiger partial charge >= 0.3 is 6.09 Å². The number of amides is 2. The second kappa shape index (κ2) is 8.29. The second-order valence-corrected chi connectivity index (χ2v) is 7.32. The molecular weight excluding hydrogens is 338 g/mol. The van der Waals surface area contributed by atoms with E-state index >= 15 is 0 Å². The van der Waals surface area contributed by atoms with Crippen LogP contribution in [0.15, 0.2) is 30.3 Å². The average molecular weight is 363 g/mol. The number of ether oxygens (including phenoxy) is 1. The normalized spacial score (nSPS) is 15.3. The molecule has 0 unspecified atom stereocenters. The lowest BCUT2D eigenvalue weighted by atomic mass is 10.2. The van der Waals surface area contributed by atoms with Crippen LogP contribution < -0.4 is 5.32 Å². The number of rotatable bonds is 1. The molecule has 1 aliphatic rings. The molecule has 7 heteroatoms. The van der Waals surface area contributed by atoms with Gasteiger partial charge in [0, 0.05) is 31.7 Å². The van der Waals surface area contributed by atoms with Crippen LogP contribution in [-0.2, 0) is 4.74 Å². The van der Waals surface area contributed by atoms with Crippen molar-refractivity contribution in [3.8, 4) is 0 Å². The van der Waals surface area contributed by atoms with E-state index in [1.807, 2.05) is 43.9 Å². The first-order valence-electron chi connectivity index (χ1n) is 8.39. The van der Waals surface area contributed by atoms with Gasteiger partial charge in [0.2, 0.25) is 0 Å². The fourth-order valence-electron chi connectivity index (χ4n) is 2.47. The van der Waals surface area contributed by atoms with Crippen LogP contribution in [0.2, 0.25) is 0 Å². The Morgan fingerprint density at radius 2 is 1.64 bits per heavy atom. The first kappa shape index (κ1) is 19.2. The molecule has 25 heavy (non-hydrogen) atoms. The molecule has 2 amide bonds. The molecule has 0 saturated carbocycles. The van der Waals surface area contributed by atoms with Crippen molar-refractivity contribution in [2.75, 3.05) is 26.2 Å². The van der Waals surface area contributed by atoms with Crippen molar-refractivity contribution in [3.05, 3.63) is 35.9 Å². The maximum Gasteiger partial charge on any atom is 0.410 e. The summed E-state index contributed by atoms with van der Waals surface area (Å²) in [6.45, 7) is 7.92. The van der Waals surface area contributed by atoms with Crippen molar-refractivity contribution < 1.29 is 14.3 Å². The molecule has 0 aliphatic carbocycles. The van der Waals surface area contributed by atoms with Gasteiger partial charge in [0.25, 0.3) is 5.91 Å². The predicted octanol–water partition coefficient (Wildman–Crippen LogP) is 2.64. The monoisotopic (exact) mass is 363 g/mol. The van der Waals surface area contributed by atoms with E-state index < -0.39 is 5.60 Å². The Labute approximate surface area is 154 Å². The molecule has 0 aromatic heterocycles. The Morgan fingerprint density at radius 1 is 1.04 bits per heavy atom. The summed E-state index contributed by atoms with van der Waals surface area (Å²) < 4.78 is 5.42. The summed E-state index contributed by atoms with van der Waals surface area (Å²) in [5.41, 5.74) is 0.0530. The number of benzene rings is 1. The van der Waals surface area contributed by atoms with Crippen LogP contribution in [0.3, 0.4) is 0 Å². The lowest BCUT2D eigenvalue weighted by Crippen LogP contribution is -2.45. The van der Waals surface area contributed by atoms with Crippen molar-refractivity contribution in [1.82, 2.24) is 15.1 Å². The van der Waals surface area contributed by atoms with Crippen LogP contribution >= 0.6 is 12.2 Å². The van der Waals surface area contributed by atoms with Gasteiger partial charge in [0.05, 0.1) is 0 Å². The number of carbonyl (C=O) groups is 2. The molecule has 0 bridgehead atoms. The summed E-state index contributed by atoms with van der Waals surface area (Å²) in [6, 6.07) is 8.95. The summed E-state index contributed by atoms with van der Waals surface area (Å²) in [7, 11) is 0. The molecule has 1 heterocycles. The number of nitrogens with one attached hydrogen (secondary N) is 1. The molecule has 1 aromatic rings. The molecule has 1 aromatic carbocycles. The van der Waals surface area contributed by atoms with E-state index in [1.165, 1.54) is 0 Å². The third-order valence-corrected chi connectivity index (χ3v) is 4.05. The maximum absolute atomic E-state index is 12.2. The molecule has 0 atom stereocenters. The van der Waals surface area contributed by atoms with Crippen molar-refractivity contribution in [3.63, 3.8) is 0 Å². The summed E-state index contributed by atoms with van der Waals surface area (Å²) in [6.07, 6.45) is 0.453. The average Bonchev–Trinajstić information content (AvgIpc) is 2.80. The third kappa shape index (κ3) is 6.01. The summed E-state index contributed by atoms with van der Waals surface area (Å²) in [4.78, 5) is 28.0. The zero-order valence-corrected chi connectivity index (χ0v) is 15.8. The Morgan fingerprint density at radius 3 is 2.28 bits per heavy atom. The van der Waals surface area contributed by atoms with Crippen LogP contribution in [0.25, 0.3) is 0 Å². The number of thiocarbonyl (C=S) groups is 1. The fraction of sp³-hybridized carbons (Fsp3) is 0.500. The molecule has 1 aliphatic heterocycles. The molecule has 0 radical (unpaired) electrons. The lowest BCUT2D eigenvalue weighted by Gasteiger charge is -2.27. The molecule has 0 spiro atoms. The zero-order valence-electron chi connectivity index (χ0n) is 14.9. The highest BCUT2D eigenvalue weighted by molar-refractivity contribution is 7.80. The first-order chi connectivity index (χ1) is 11.8. The van der Waals surface area contributed by atoms with Gasteiger partial charge in [-0.05, 0) is 51.5 Å². The van der Waals surface area contributed by atoms with Crippen LogP contribution in [-0.4, -0.2) is 58.7 Å². The zero-order chi connectivity index (χ0) is 18.4. The maximum atomic E-state index is 12.2. The van der Waals surface area contributed by atoms with E-state index in [1.54, 1.807) is 17.0 Å².